The Morgan fingerprint density at radius 1 is 1.07 bits per heavy atom. The molecule has 0 saturated carbocycles. The fraction of sp³-hybridized carbons (Fsp3) is 0.500. The Morgan fingerprint density at radius 3 is 2.37 bits per heavy atom. The Labute approximate surface area is 161 Å². The molecule has 0 saturated heterocycles. The second kappa shape index (κ2) is 10.9. The molecule has 1 N–H and O–H groups in total. The zero-order valence-corrected chi connectivity index (χ0v) is 17.2. The van der Waals surface area contributed by atoms with Crippen LogP contribution < -0.4 is 5.32 Å². The summed E-state index contributed by atoms with van der Waals surface area (Å²) in [4.78, 5) is 16.5. The first-order valence-corrected chi connectivity index (χ1v) is 11.2. The minimum atomic E-state index is -2.67. The van der Waals surface area contributed by atoms with Crippen LogP contribution >= 0.6 is 0 Å². The van der Waals surface area contributed by atoms with Gasteiger partial charge in [0.25, 0.3) is 0 Å². The van der Waals surface area contributed by atoms with E-state index in [4.69, 9.17) is 13.3 Å². The number of hydrogen-bond acceptors (Lipinski definition) is 6. The van der Waals surface area contributed by atoms with Crippen molar-refractivity contribution in [1.82, 2.24) is 20.1 Å². The van der Waals surface area contributed by atoms with Gasteiger partial charge in [-0.15, -0.1) is 0 Å². The second-order valence-corrected chi connectivity index (χ2v) is 8.41. The SMILES string of the molecule is CCO[Si](CCCNC(=O)n1ccc(-c2ccccn2)n1)(OCC)OCC. The molecule has 0 atom stereocenters. The normalized spacial score (nSPS) is 11.5. The number of rotatable bonds is 11. The maximum Gasteiger partial charge on any atom is 0.500 e. The second-order valence-electron chi connectivity index (χ2n) is 5.68. The van der Waals surface area contributed by atoms with Crippen molar-refractivity contribution in [1.29, 1.82) is 0 Å². The van der Waals surface area contributed by atoms with Gasteiger partial charge in [0.2, 0.25) is 0 Å². The minimum absolute atomic E-state index is 0.284. The summed E-state index contributed by atoms with van der Waals surface area (Å²) in [6, 6.07) is 7.70. The molecule has 2 aromatic rings. The van der Waals surface area contributed by atoms with Gasteiger partial charge < -0.3 is 18.6 Å². The molecule has 0 bridgehead atoms. The van der Waals surface area contributed by atoms with Gasteiger partial charge in [-0.1, -0.05) is 6.07 Å². The maximum atomic E-state index is 12.3. The molecule has 0 aliphatic heterocycles. The van der Waals surface area contributed by atoms with Gasteiger partial charge in [0.1, 0.15) is 5.69 Å². The first-order valence-electron chi connectivity index (χ1n) is 9.31. The Morgan fingerprint density at radius 2 is 1.78 bits per heavy atom. The number of carbonyl (C=O) groups excluding carboxylic acids is 1. The van der Waals surface area contributed by atoms with Crippen molar-refractivity contribution in [2.24, 2.45) is 0 Å². The number of aromatic nitrogens is 3. The summed E-state index contributed by atoms with van der Waals surface area (Å²) in [5, 5.41) is 7.13. The van der Waals surface area contributed by atoms with Crippen molar-refractivity contribution in [2.75, 3.05) is 26.4 Å². The third kappa shape index (κ3) is 6.24. The van der Waals surface area contributed by atoms with E-state index in [2.05, 4.69) is 15.4 Å². The minimum Gasteiger partial charge on any atom is -0.374 e. The zero-order valence-electron chi connectivity index (χ0n) is 16.2. The lowest BCUT2D eigenvalue weighted by atomic mass is 10.3. The Balaban J connectivity index is 1.85. The summed E-state index contributed by atoms with van der Waals surface area (Å²) in [5.74, 6) is 0. The van der Waals surface area contributed by atoms with Crippen LogP contribution in [-0.4, -0.2) is 56.0 Å². The Kier molecular flexibility index (Phi) is 8.59. The Bertz CT molecular complexity index is 679. The Hall–Kier alpha value is -2.07. The van der Waals surface area contributed by atoms with Crippen LogP contribution in [0.4, 0.5) is 4.79 Å². The van der Waals surface area contributed by atoms with Gasteiger partial charge in [0, 0.05) is 44.8 Å². The first-order chi connectivity index (χ1) is 13.1. The summed E-state index contributed by atoms with van der Waals surface area (Å²) < 4.78 is 18.7. The van der Waals surface area contributed by atoms with Crippen molar-refractivity contribution in [3.63, 3.8) is 0 Å². The number of hydrogen-bond donors (Lipinski definition) is 1. The molecular weight excluding hydrogens is 364 g/mol. The van der Waals surface area contributed by atoms with Gasteiger partial charge in [0.15, 0.2) is 0 Å². The molecule has 0 unspecified atom stereocenters. The van der Waals surface area contributed by atoms with E-state index in [1.807, 2.05) is 39.0 Å². The number of nitrogens with zero attached hydrogens (tertiary/aromatic N) is 3. The molecule has 0 aliphatic rings. The lowest BCUT2D eigenvalue weighted by Gasteiger charge is -2.28. The molecule has 148 valence electrons. The monoisotopic (exact) mass is 392 g/mol. The van der Waals surface area contributed by atoms with Crippen LogP contribution in [0, 0.1) is 0 Å². The van der Waals surface area contributed by atoms with Gasteiger partial charge in [-0.25, -0.2) is 4.79 Å². The van der Waals surface area contributed by atoms with Crippen molar-refractivity contribution in [3.05, 3.63) is 36.7 Å². The third-order valence-corrected chi connectivity index (χ3v) is 6.90. The fourth-order valence-corrected chi connectivity index (χ4v) is 5.28. The number of carbonyl (C=O) groups is 1. The highest BCUT2D eigenvalue weighted by atomic mass is 28.4. The lowest BCUT2D eigenvalue weighted by Crippen LogP contribution is -2.46. The molecule has 1 amide bonds. The van der Waals surface area contributed by atoms with E-state index >= 15 is 0 Å². The number of pyridine rings is 1. The first kappa shape index (κ1) is 21.2. The van der Waals surface area contributed by atoms with Crippen LogP contribution in [0.25, 0.3) is 11.4 Å². The van der Waals surface area contributed by atoms with E-state index in [0.717, 1.165) is 5.69 Å². The van der Waals surface area contributed by atoms with Crippen LogP contribution in [-0.2, 0) is 13.3 Å². The average Bonchev–Trinajstić information content (AvgIpc) is 3.17. The van der Waals surface area contributed by atoms with Gasteiger partial charge in [-0.2, -0.15) is 9.78 Å². The highest BCUT2D eigenvalue weighted by Gasteiger charge is 2.39. The van der Waals surface area contributed by atoms with Gasteiger partial charge >= 0.3 is 14.8 Å². The summed E-state index contributed by atoms with van der Waals surface area (Å²) in [5.41, 5.74) is 1.38. The molecule has 0 aliphatic carbocycles. The topological polar surface area (TPSA) is 87.5 Å². The molecule has 9 heteroatoms. The van der Waals surface area contributed by atoms with Crippen LogP contribution in [0.2, 0.25) is 6.04 Å². The van der Waals surface area contributed by atoms with E-state index in [1.165, 1.54) is 4.68 Å². The highest BCUT2D eigenvalue weighted by molar-refractivity contribution is 6.60. The van der Waals surface area contributed by atoms with E-state index in [9.17, 15) is 4.79 Å². The van der Waals surface area contributed by atoms with Gasteiger partial charge in [-0.05, 0) is 45.4 Å². The third-order valence-electron chi connectivity index (χ3n) is 3.75. The maximum absolute atomic E-state index is 12.3. The molecule has 2 heterocycles. The summed E-state index contributed by atoms with van der Waals surface area (Å²) in [7, 11) is -2.67. The number of nitrogens with one attached hydrogen (secondary N) is 1. The van der Waals surface area contributed by atoms with Gasteiger partial charge in [-0.3, -0.25) is 4.98 Å². The van der Waals surface area contributed by atoms with Crippen molar-refractivity contribution < 1.29 is 18.1 Å². The summed E-state index contributed by atoms with van der Waals surface area (Å²) in [6.45, 7) is 7.90. The van der Waals surface area contributed by atoms with Crippen molar-refractivity contribution in [2.45, 2.75) is 33.2 Å². The van der Waals surface area contributed by atoms with E-state index in [-0.39, 0.29) is 6.03 Å². The smallest absolute Gasteiger partial charge is 0.374 e. The summed E-state index contributed by atoms with van der Waals surface area (Å²) in [6.07, 6.45) is 4.02. The molecule has 2 aromatic heterocycles. The van der Waals surface area contributed by atoms with Crippen molar-refractivity contribution >= 4 is 14.8 Å². The molecule has 0 radical (unpaired) electrons. The van der Waals surface area contributed by atoms with E-state index in [0.29, 0.717) is 44.5 Å². The predicted molar refractivity (Wildman–Crippen MR) is 104 cm³/mol. The summed E-state index contributed by atoms with van der Waals surface area (Å²) >= 11 is 0. The number of amides is 1. The standard InChI is InChI=1S/C18H28N4O4Si/c1-4-24-27(25-5-2,26-6-3)15-9-13-20-18(23)22-14-11-17(21-22)16-10-7-8-12-19-16/h7-8,10-12,14H,4-6,9,13,15H2,1-3H3,(H,20,23). The molecule has 8 nitrogen and oxygen atoms in total. The van der Waals surface area contributed by atoms with Crippen LogP contribution in [0.5, 0.6) is 0 Å². The molecule has 0 fully saturated rings. The zero-order chi connectivity index (χ0) is 19.5. The predicted octanol–water partition coefficient (Wildman–Crippen LogP) is 2.94. The van der Waals surface area contributed by atoms with Crippen LogP contribution in [0.15, 0.2) is 36.7 Å². The van der Waals surface area contributed by atoms with Crippen LogP contribution in [0.1, 0.15) is 27.2 Å². The highest BCUT2D eigenvalue weighted by Crippen LogP contribution is 2.18. The lowest BCUT2D eigenvalue weighted by molar-refractivity contribution is 0.0708. The van der Waals surface area contributed by atoms with Crippen LogP contribution in [0.3, 0.4) is 0 Å². The average molecular weight is 393 g/mol. The molecule has 0 spiro atoms. The largest absolute Gasteiger partial charge is 0.500 e. The molecule has 2 rings (SSSR count). The van der Waals surface area contributed by atoms with Crippen molar-refractivity contribution in [3.8, 4) is 11.4 Å². The van der Waals surface area contributed by atoms with E-state index in [1.54, 1.807) is 18.5 Å². The molecule has 27 heavy (non-hydrogen) atoms. The van der Waals surface area contributed by atoms with Gasteiger partial charge in [0.05, 0.1) is 5.69 Å². The molecular formula is C18H28N4O4Si. The quantitative estimate of drug-likeness (QED) is 0.467. The fourth-order valence-electron chi connectivity index (χ4n) is 2.67. The molecule has 0 aromatic carbocycles. The van der Waals surface area contributed by atoms with E-state index < -0.39 is 8.80 Å².